The normalized spacial score (nSPS) is 11.2. The average molecular weight is 323 g/mol. The smallest absolute Gasteiger partial charge is 0.323 e. The Balaban J connectivity index is 0.000000322. The van der Waals surface area contributed by atoms with Crippen molar-refractivity contribution in [2.24, 2.45) is 14.1 Å². The lowest BCUT2D eigenvalue weighted by Gasteiger charge is -2.10. The van der Waals surface area contributed by atoms with Crippen LogP contribution in [0.15, 0.2) is 9.59 Å². The molecule has 0 fully saturated rings. The van der Waals surface area contributed by atoms with Gasteiger partial charge in [-0.2, -0.15) is 0 Å². The molecule has 0 saturated heterocycles. The summed E-state index contributed by atoms with van der Waals surface area (Å²) in [6, 6.07) is 1.25. The van der Waals surface area contributed by atoms with Crippen LogP contribution in [0.5, 0.6) is 0 Å². The van der Waals surface area contributed by atoms with Crippen LogP contribution in [0.4, 0.5) is 0 Å². The number of fused-ring (bicyclic) bond motifs is 1. The van der Waals surface area contributed by atoms with Gasteiger partial charge in [0.05, 0.1) is 0 Å². The SMILES string of the molecule is CC(C)NC(C)C.CCn1c(C)nc2c1c(=O)n(C)c(=O)n2C. The van der Waals surface area contributed by atoms with E-state index in [1.807, 2.05) is 18.4 Å². The Morgan fingerprint density at radius 1 is 1.04 bits per heavy atom. The molecule has 7 nitrogen and oxygen atoms in total. The first-order chi connectivity index (χ1) is 10.6. The lowest BCUT2D eigenvalue weighted by Crippen LogP contribution is -2.37. The maximum Gasteiger partial charge on any atom is 0.332 e. The van der Waals surface area contributed by atoms with E-state index in [-0.39, 0.29) is 11.2 Å². The van der Waals surface area contributed by atoms with Crippen LogP contribution in [0.25, 0.3) is 11.2 Å². The predicted octanol–water partition coefficient (Wildman–Crippen LogP) is 1.15. The van der Waals surface area contributed by atoms with Gasteiger partial charge < -0.3 is 9.88 Å². The van der Waals surface area contributed by atoms with E-state index < -0.39 is 0 Å². The molecule has 2 heterocycles. The van der Waals surface area contributed by atoms with Crippen molar-refractivity contribution in [2.45, 2.75) is 60.2 Å². The highest BCUT2D eigenvalue weighted by molar-refractivity contribution is 5.70. The molecular formula is C16H29N5O2. The first-order valence-corrected chi connectivity index (χ1v) is 8.00. The van der Waals surface area contributed by atoms with Crippen LogP contribution in [0, 0.1) is 6.92 Å². The van der Waals surface area contributed by atoms with Crippen molar-refractivity contribution in [1.82, 2.24) is 24.0 Å². The van der Waals surface area contributed by atoms with E-state index in [1.165, 1.54) is 11.6 Å². The van der Waals surface area contributed by atoms with Gasteiger partial charge in [0.1, 0.15) is 5.82 Å². The van der Waals surface area contributed by atoms with Crippen LogP contribution in [0.2, 0.25) is 0 Å². The van der Waals surface area contributed by atoms with Crippen molar-refractivity contribution in [3.63, 3.8) is 0 Å². The molecule has 7 heteroatoms. The van der Waals surface area contributed by atoms with Gasteiger partial charge in [-0.05, 0) is 13.8 Å². The quantitative estimate of drug-likeness (QED) is 0.920. The first-order valence-electron chi connectivity index (χ1n) is 8.00. The summed E-state index contributed by atoms with van der Waals surface area (Å²) in [5.41, 5.74) is 0.302. The lowest BCUT2D eigenvalue weighted by atomic mass is 10.3. The van der Waals surface area contributed by atoms with Crippen molar-refractivity contribution >= 4 is 11.2 Å². The molecule has 2 aromatic heterocycles. The largest absolute Gasteiger partial charge is 0.332 e. The highest BCUT2D eigenvalue weighted by Crippen LogP contribution is 2.09. The summed E-state index contributed by atoms with van der Waals surface area (Å²) in [6.45, 7) is 13.0. The molecule has 0 radical (unpaired) electrons. The van der Waals surface area contributed by atoms with Crippen molar-refractivity contribution < 1.29 is 0 Å². The summed E-state index contributed by atoms with van der Waals surface area (Å²) in [4.78, 5) is 27.9. The van der Waals surface area contributed by atoms with E-state index in [9.17, 15) is 9.59 Å². The Morgan fingerprint density at radius 3 is 1.96 bits per heavy atom. The number of hydrogen-bond donors (Lipinski definition) is 1. The molecule has 0 aliphatic rings. The number of nitrogens with one attached hydrogen (secondary N) is 1. The Hall–Kier alpha value is -1.89. The molecule has 0 saturated carbocycles. The van der Waals surface area contributed by atoms with E-state index in [4.69, 9.17) is 0 Å². The summed E-state index contributed by atoms with van der Waals surface area (Å²) in [5, 5.41) is 3.31. The fraction of sp³-hybridized carbons (Fsp3) is 0.688. The molecule has 0 atom stereocenters. The lowest BCUT2D eigenvalue weighted by molar-refractivity contribution is 0.518. The van der Waals surface area contributed by atoms with Crippen molar-refractivity contribution in [3.05, 3.63) is 26.7 Å². The minimum absolute atomic E-state index is 0.291. The third kappa shape index (κ3) is 4.10. The van der Waals surface area contributed by atoms with Gasteiger partial charge in [-0.15, -0.1) is 0 Å². The highest BCUT2D eigenvalue weighted by Gasteiger charge is 2.15. The summed E-state index contributed by atoms with van der Waals surface area (Å²) < 4.78 is 4.32. The van der Waals surface area contributed by atoms with Gasteiger partial charge >= 0.3 is 5.69 Å². The van der Waals surface area contributed by atoms with Crippen LogP contribution in [0.3, 0.4) is 0 Å². The van der Waals surface area contributed by atoms with Crippen molar-refractivity contribution in [3.8, 4) is 0 Å². The van der Waals surface area contributed by atoms with Gasteiger partial charge in [0.2, 0.25) is 0 Å². The van der Waals surface area contributed by atoms with Crippen LogP contribution in [-0.4, -0.2) is 30.8 Å². The summed E-state index contributed by atoms with van der Waals surface area (Å²) in [5.74, 6) is 0.746. The molecular weight excluding hydrogens is 294 g/mol. The Bertz CT molecular complexity index is 774. The second-order valence-corrected chi connectivity index (χ2v) is 6.26. The monoisotopic (exact) mass is 323 g/mol. The van der Waals surface area contributed by atoms with Crippen molar-refractivity contribution in [1.29, 1.82) is 0 Å². The molecule has 0 unspecified atom stereocenters. The Morgan fingerprint density at radius 2 is 1.57 bits per heavy atom. The number of aryl methyl sites for hydroxylation is 3. The van der Waals surface area contributed by atoms with Crippen molar-refractivity contribution in [2.75, 3.05) is 0 Å². The minimum atomic E-state index is -0.349. The fourth-order valence-electron chi connectivity index (χ4n) is 2.61. The van der Waals surface area contributed by atoms with E-state index in [0.29, 0.717) is 29.8 Å². The third-order valence-corrected chi connectivity index (χ3v) is 3.52. The van der Waals surface area contributed by atoms with Crippen LogP contribution >= 0.6 is 0 Å². The highest BCUT2D eigenvalue weighted by atomic mass is 16.2. The number of nitrogens with zero attached hydrogens (tertiary/aromatic N) is 4. The molecule has 0 spiro atoms. The van der Waals surface area contributed by atoms with E-state index in [2.05, 4.69) is 38.0 Å². The predicted molar refractivity (Wildman–Crippen MR) is 94.0 cm³/mol. The standard InChI is InChI=1S/C10H14N4O2.C6H15N/c1-5-14-6(2)11-8-7(14)9(15)13(4)10(16)12(8)3;1-5(2)7-6(3)4/h5H2,1-4H3;5-7H,1-4H3. The zero-order valence-corrected chi connectivity index (χ0v) is 15.5. The number of imidazole rings is 1. The molecule has 1 N–H and O–H groups in total. The van der Waals surface area contributed by atoms with E-state index in [0.717, 1.165) is 10.4 Å². The minimum Gasteiger partial charge on any atom is -0.323 e. The summed E-state index contributed by atoms with van der Waals surface area (Å²) >= 11 is 0. The van der Waals surface area contributed by atoms with Gasteiger partial charge in [-0.25, -0.2) is 9.78 Å². The molecule has 130 valence electrons. The van der Waals surface area contributed by atoms with Gasteiger partial charge in [0, 0.05) is 32.7 Å². The molecule has 2 aromatic rings. The molecule has 2 rings (SSSR count). The topological polar surface area (TPSA) is 73.8 Å². The second-order valence-electron chi connectivity index (χ2n) is 6.26. The maximum atomic E-state index is 12.0. The number of rotatable bonds is 3. The molecule has 23 heavy (non-hydrogen) atoms. The van der Waals surface area contributed by atoms with Crippen LogP contribution in [-0.2, 0) is 20.6 Å². The Kier molecular flexibility index (Phi) is 6.32. The van der Waals surface area contributed by atoms with Crippen LogP contribution in [0.1, 0.15) is 40.4 Å². The molecule has 0 aliphatic carbocycles. The molecule has 0 aromatic carbocycles. The zero-order chi connectivity index (χ0) is 17.9. The molecule has 0 aliphatic heterocycles. The van der Waals surface area contributed by atoms with Gasteiger partial charge in [-0.3, -0.25) is 13.9 Å². The van der Waals surface area contributed by atoms with Gasteiger partial charge in [0.15, 0.2) is 11.2 Å². The van der Waals surface area contributed by atoms with E-state index in [1.54, 1.807) is 7.05 Å². The Labute approximate surface area is 137 Å². The fourth-order valence-corrected chi connectivity index (χ4v) is 2.61. The average Bonchev–Trinajstić information content (AvgIpc) is 2.78. The van der Waals surface area contributed by atoms with Gasteiger partial charge in [0.25, 0.3) is 5.56 Å². The number of hydrogen-bond acceptors (Lipinski definition) is 4. The molecule has 0 amide bonds. The van der Waals surface area contributed by atoms with Crippen LogP contribution < -0.4 is 16.6 Å². The number of aromatic nitrogens is 4. The zero-order valence-electron chi connectivity index (χ0n) is 15.5. The third-order valence-electron chi connectivity index (χ3n) is 3.52. The molecule has 0 bridgehead atoms. The second kappa shape index (κ2) is 7.59. The van der Waals surface area contributed by atoms with E-state index >= 15 is 0 Å². The maximum absolute atomic E-state index is 12.0. The summed E-state index contributed by atoms with van der Waals surface area (Å²) in [6.07, 6.45) is 0. The first kappa shape index (κ1) is 19.2. The van der Waals surface area contributed by atoms with Gasteiger partial charge in [-0.1, -0.05) is 27.7 Å². The summed E-state index contributed by atoms with van der Waals surface area (Å²) in [7, 11) is 3.10.